The summed E-state index contributed by atoms with van der Waals surface area (Å²) < 4.78 is 11.2. The van der Waals surface area contributed by atoms with E-state index in [-0.39, 0.29) is 11.9 Å². The van der Waals surface area contributed by atoms with Gasteiger partial charge in [-0.1, -0.05) is 195 Å². The SMILES string of the molecule is CCCCCC(CCCCC)CCCOC(=O)CCCCCCCCCP(CCCCCCCCCC(=O)OCCCC(CCCCC)CCCCC)C(=O)CCCN(C)C. The highest BCUT2D eigenvalue weighted by molar-refractivity contribution is 7.74. The molecule has 0 heterocycles. The fourth-order valence-corrected chi connectivity index (χ4v) is 11.2. The number of rotatable bonds is 49. The molecule has 0 aliphatic rings. The summed E-state index contributed by atoms with van der Waals surface area (Å²) in [7, 11) is 3.66. The predicted octanol–water partition coefficient (Wildman–Crippen LogP) is 16.8. The van der Waals surface area contributed by atoms with Crippen LogP contribution >= 0.6 is 7.92 Å². The Balaban J connectivity index is 4.14. The quantitative estimate of drug-likeness (QED) is 0.0344. The number of hydrogen-bond acceptors (Lipinski definition) is 6. The molecular formula is C54H106NO5P. The first-order chi connectivity index (χ1) is 29.8. The minimum absolute atomic E-state index is 0.00839. The molecule has 0 aromatic carbocycles. The molecule has 0 amide bonds. The summed E-state index contributed by atoms with van der Waals surface area (Å²) in [4.78, 5) is 40.1. The van der Waals surface area contributed by atoms with Crippen LogP contribution in [-0.2, 0) is 23.9 Å². The molecule has 0 aromatic rings. The van der Waals surface area contributed by atoms with Crippen LogP contribution < -0.4 is 0 Å². The third-order valence-electron chi connectivity index (χ3n) is 12.9. The average molecular weight is 880 g/mol. The fraction of sp³-hybridized carbons (Fsp3) is 0.944. The van der Waals surface area contributed by atoms with Gasteiger partial charge in [-0.3, -0.25) is 14.4 Å². The fourth-order valence-electron chi connectivity index (χ4n) is 8.84. The van der Waals surface area contributed by atoms with Gasteiger partial charge in [-0.2, -0.15) is 0 Å². The molecule has 0 saturated heterocycles. The van der Waals surface area contributed by atoms with Crippen molar-refractivity contribution in [3.8, 4) is 0 Å². The molecule has 0 rings (SSSR count). The second-order valence-corrected chi connectivity index (χ2v) is 21.7. The molecule has 0 saturated carbocycles. The zero-order valence-corrected chi connectivity index (χ0v) is 42.9. The Bertz CT molecular complexity index is 878. The number of carbonyl (C=O) groups excluding carboxylic acids is 3. The monoisotopic (exact) mass is 880 g/mol. The van der Waals surface area contributed by atoms with Crippen molar-refractivity contribution in [1.82, 2.24) is 4.90 Å². The number of nitrogens with zero attached hydrogens (tertiary/aromatic N) is 1. The van der Waals surface area contributed by atoms with Crippen LogP contribution in [0.5, 0.6) is 0 Å². The minimum atomic E-state index is -0.525. The molecule has 0 aromatic heterocycles. The lowest BCUT2D eigenvalue weighted by molar-refractivity contribution is -0.144. The third kappa shape index (κ3) is 42.7. The molecule has 0 radical (unpaired) electrons. The Kier molecular flexibility index (Phi) is 46.2. The molecule has 362 valence electrons. The summed E-state index contributed by atoms with van der Waals surface area (Å²) in [5.74, 6) is 1.59. The maximum atomic E-state index is 13.3. The van der Waals surface area contributed by atoms with Crippen LogP contribution in [0.15, 0.2) is 0 Å². The summed E-state index contributed by atoms with van der Waals surface area (Å²) in [6.07, 6.45) is 46.9. The highest BCUT2D eigenvalue weighted by Crippen LogP contribution is 2.41. The van der Waals surface area contributed by atoms with E-state index < -0.39 is 7.92 Å². The Morgan fingerprint density at radius 3 is 1.07 bits per heavy atom. The van der Waals surface area contributed by atoms with Gasteiger partial charge < -0.3 is 14.4 Å². The second-order valence-electron chi connectivity index (χ2n) is 19.2. The molecule has 61 heavy (non-hydrogen) atoms. The van der Waals surface area contributed by atoms with E-state index >= 15 is 0 Å². The summed E-state index contributed by atoms with van der Waals surface area (Å²) in [6.45, 7) is 11.3. The van der Waals surface area contributed by atoms with Crippen molar-refractivity contribution in [3.63, 3.8) is 0 Å². The first kappa shape index (κ1) is 60.0. The van der Waals surface area contributed by atoms with Crippen molar-refractivity contribution in [1.29, 1.82) is 0 Å². The van der Waals surface area contributed by atoms with Crippen LogP contribution in [0.1, 0.15) is 272 Å². The largest absolute Gasteiger partial charge is 0.466 e. The third-order valence-corrected chi connectivity index (χ3v) is 15.5. The van der Waals surface area contributed by atoms with Gasteiger partial charge in [-0.15, -0.1) is 0 Å². The summed E-state index contributed by atoms with van der Waals surface area (Å²) >= 11 is 0. The van der Waals surface area contributed by atoms with E-state index in [1.165, 1.54) is 180 Å². The van der Waals surface area contributed by atoms with Gasteiger partial charge in [0, 0.05) is 19.3 Å². The Hall–Kier alpha value is -1.00. The maximum absolute atomic E-state index is 13.3. The lowest BCUT2D eigenvalue weighted by atomic mass is 9.91. The van der Waals surface area contributed by atoms with Crippen molar-refractivity contribution >= 4 is 25.4 Å². The smallest absolute Gasteiger partial charge is 0.305 e. The van der Waals surface area contributed by atoms with Gasteiger partial charge in [-0.05, 0) is 111 Å². The van der Waals surface area contributed by atoms with Crippen molar-refractivity contribution < 1.29 is 23.9 Å². The molecule has 0 bridgehead atoms. The Morgan fingerprint density at radius 1 is 0.393 bits per heavy atom. The Labute approximate surface area is 382 Å². The van der Waals surface area contributed by atoms with Crippen LogP contribution in [0, 0.1) is 11.8 Å². The number of ether oxygens (including phenoxy) is 2. The standard InChI is InChI=1S/C54H106NO5P/c1-7-11-25-36-50(37-26-12-8-2)40-34-46-59-52(56)42-29-21-17-15-19-23-31-48-61(54(58)44-33-45-55(5)6)49-32-24-20-16-18-22-30-43-53(57)60-47-35-41-51(38-27-13-9-3)39-28-14-10-4/h50-51H,7-49H2,1-6H3. The van der Waals surface area contributed by atoms with E-state index in [1.54, 1.807) is 0 Å². The highest BCUT2D eigenvalue weighted by Gasteiger charge is 2.17. The van der Waals surface area contributed by atoms with Crippen molar-refractivity contribution in [2.45, 2.75) is 272 Å². The lowest BCUT2D eigenvalue weighted by Gasteiger charge is -2.17. The van der Waals surface area contributed by atoms with Gasteiger partial charge in [0.05, 0.1) is 13.2 Å². The highest BCUT2D eigenvalue weighted by atomic mass is 31.1. The van der Waals surface area contributed by atoms with Gasteiger partial charge in [0.25, 0.3) is 0 Å². The minimum Gasteiger partial charge on any atom is -0.466 e. The Morgan fingerprint density at radius 2 is 0.721 bits per heavy atom. The molecular weight excluding hydrogens is 774 g/mol. The summed E-state index contributed by atoms with van der Waals surface area (Å²) in [5.41, 5.74) is 0.549. The maximum Gasteiger partial charge on any atom is 0.305 e. The molecule has 0 atom stereocenters. The van der Waals surface area contributed by atoms with Crippen LogP contribution in [-0.4, -0.2) is 68.5 Å². The normalized spacial score (nSPS) is 11.8. The van der Waals surface area contributed by atoms with Crippen LogP contribution in [0.2, 0.25) is 0 Å². The zero-order valence-electron chi connectivity index (χ0n) is 42.0. The molecule has 0 aliphatic carbocycles. The predicted molar refractivity (Wildman–Crippen MR) is 267 cm³/mol. The van der Waals surface area contributed by atoms with Crippen molar-refractivity contribution in [2.24, 2.45) is 11.8 Å². The van der Waals surface area contributed by atoms with Crippen LogP contribution in [0.25, 0.3) is 0 Å². The van der Waals surface area contributed by atoms with Gasteiger partial charge in [0.2, 0.25) is 0 Å². The van der Waals surface area contributed by atoms with E-state index in [2.05, 4.69) is 46.7 Å². The number of hydrogen-bond donors (Lipinski definition) is 0. The lowest BCUT2D eigenvalue weighted by Crippen LogP contribution is -2.14. The van der Waals surface area contributed by atoms with Crippen LogP contribution in [0.4, 0.5) is 0 Å². The summed E-state index contributed by atoms with van der Waals surface area (Å²) in [6, 6.07) is 0. The van der Waals surface area contributed by atoms with E-state index in [9.17, 15) is 14.4 Å². The topological polar surface area (TPSA) is 72.9 Å². The number of unbranched alkanes of at least 4 members (excludes halogenated alkanes) is 20. The first-order valence-corrected chi connectivity index (χ1v) is 28.7. The molecule has 0 N–H and O–H groups in total. The van der Waals surface area contributed by atoms with Crippen molar-refractivity contribution in [2.75, 3.05) is 46.2 Å². The second kappa shape index (κ2) is 47.0. The van der Waals surface area contributed by atoms with Gasteiger partial charge in [0.1, 0.15) is 0 Å². The van der Waals surface area contributed by atoms with Crippen molar-refractivity contribution in [3.05, 3.63) is 0 Å². The zero-order chi connectivity index (χ0) is 44.9. The van der Waals surface area contributed by atoms with E-state index in [0.29, 0.717) is 31.6 Å². The molecule has 0 fully saturated rings. The average Bonchev–Trinajstić information content (AvgIpc) is 3.24. The molecule has 7 heteroatoms. The van der Waals surface area contributed by atoms with Gasteiger partial charge >= 0.3 is 11.9 Å². The molecule has 6 nitrogen and oxygen atoms in total. The molecule has 0 unspecified atom stereocenters. The van der Waals surface area contributed by atoms with Crippen LogP contribution in [0.3, 0.4) is 0 Å². The number of carbonyl (C=O) groups is 3. The number of esters is 2. The molecule has 0 aliphatic heterocycles. The first-order valence-electron chi connectivity index (χ1n) is 27.0. The van der Waals surface area contributed by atoms with Gasteiger partial charge in [-0.25, -0.2) is 0 Å². The summed E-state index contributed by atoms with van der Waals surface area (Å²) in [5, 5.41) is 0. The van der Waals surface area contributed by atoms with E-state index in [0.717, 1.165) is 82.1 Å². The van der Waals surface area contributed by atoms with Gasteiger partial charge in [0.15, 0.2) is 5.52 Å². The van der Waals surface area contributed by atoms with E-state index in [4.69, 9.17) is 9.47 Å². The molecule has 0 spiro atoms. The van der Waals surface area contributed by atoms with E-state index in [1.807, 2.05) is 0 Å².